The Balaban J connectivity index is 1.87. The van der Waals surface area contributed by atoms with E-state index in [-0.39, 0.29) is 0 Å². The average Bonchev–Trinajstić information content (AvgIpc) is 2.90. The standard InChI is InChI=1S/C19H17NO2/c1-13(2)15-10-8-14(9-11-15)12-17-19(21)22-18(20-17)16-6-4-3-5-7-16/h3-13H,1-2H3/b17-12-. The molecule has 2 aromatic carbocycles. The van der Waals surface area contributed by atoms with Crippen LogP contribution in [0.1, 0.15) is 36.5 Å². The molecule has 2 aromatic rings. The molecule has 0 bridgehead atoms. The van der Waals surface area contributed by atoms with E-state index in [1.54, 1.807) is 6.08 Å². The smallest absolute Gasteiger partial charge is 0.363 e. The number of rotatable bonds is 3. The van der Waals surface area contributed by atoms with E-state index in [2.05, 4.69) is 31.0 Å². The molecule has 110 valence electrons. The summed E-state index contributed by atoms with van der Waals surface area (Å²) in [6.45, 7) is 4.30. The Bertz CT molecular complexity index is 741. The minimum Gasteiger partial charge on any atom is -0.402 e. The Morgan fingerprint density at radius 2 is 1.68 bits per heavy atom. The highest BCUT2D eigenvalue weighted by molar-refractivity contribution is 6.12. The fourth-order valence-electron chi connectivity index (χ4n) is 2.25. The maximum atomic E-state index is 11.9. The summed E-state index contributed by atoms with van der Waals surface area (Å²) >= 11 is 0. The first-order valence-electron chi connectivity index (χ1n) is 7.31. The number of cyclic esters (lactones) is 1. The highest BCUT2D eigenvalue weighted by Crippen LogP contribution is 2.20. The third-order valence-corrected chi connectivity index (χ3v) is 3.55. The maximum absolute atomic E-state index is 11.9. The van der Waals surface area contributed by atoms with Crippen LogP contribution in [0.4, 0.5) is 0 Å². The molecule has 22 heavy (non-hydrogen) atoms. The number of ether oxygens (including phenoxy) is 1. The molecule has 0 saturated carbocycles. The lowest BCUT2D eigenvalue weighted by atomic mass is 10.0. The van der Waals surface area contributed by atoms with E-state index < -0.39 is 5.97 Å². The predicted octanol–water partition coefficient (Wildman–Crippen LogP) is 4.15. The number of carbonyl (C=O) groups is 1. The van der Waals surface area contributed by atoms with Gasteiger partial charge in [0.25, 0.3) is 0 Å². The van der Waals surface area contributed by atoms with Crippen molar-refractivity contribution in [2.75, 3.05) is 0 Å². The molecule has 1 heterocycles. The highest BCUT2D eigenvalue weighted by Gasteiger charge is 2.23. The maximum Gasteiger partial charge on any atom is 0.363 e. The number of aliphatic imine (C=N–C) groups is 1. The van der Waals surface area contributed by atoms with E-state index >= 15 is 0 Å². The molecule has 0 fully saturated rings. The summed E-state index contributed by atoms with van der Waals surface area (Å²) in [7, 11) is 0. The van der Waals surface area contributed by atoms with Gasteiger partial charge in [0.05, 0.1) is 0 Å². The molecule has 3 heteroatoms. The molecule has 0 spiro atoms. The summed E-state index contributed by atoms with van der Waals surface area (Å²) in [6.07, 6.45) is 1.75. The van der Waals surface area contributed by atoms with Crippen molar-refractivity contribution in [1.82, 2.24) is 0 Å². The minimum atomic E-state index is -0.410. The Morgan fingerprint density at radius 3 is 2.32 bits per heavy atom. The van der Waals surface area contributed by atoms with Crippen LogP contribution in [-0.4, -0.2) is 11.9 Å². The summed E-state index contributed by atoms with van der Waals surface area (Å²) in [4.78, 5) is 16.2. The predicted molar refractivity (Wildman–Crippen MR) is 87.6 cm³/mol. The number of esters is 1. The van der Waals surface area contributed by atoms with Crippen molar-refractivity contribution in [3.05, 3.63) is 77.0 Å². The van der Waals surface area contributed by atoms with E-state index in [4.69, 9.17) is 4.74 Å². The van der Waals surface area contributed by atoms with E-state index in [1.807, 2.05) is 42.5 Å². The van der Waals surface area contributed by atoms with Gasteiger partial charge in [0.1, 0.15) is 0 Å². The van der Waals surface area contributed by atoms with Gasteiger partial charge in [0.15, 0.2) is 5.70 Å². The second kappa shape index (κ2) is 5.98. The zero-order valence-corrected chi connectivity index (χ0v) is 12.6. The van der Waals surface area contributed by atoms with E-state index in [9.17, 15) is 4.79 Å². The van der Waals surface area contributed by atoms with Gasteiger partial charge in [-0.15, -0.1) is 0 Å². The molecule has 0 radical (unpaired) electrons. The minimum absolute atomic E-state index is 0.330. The first kappa shape index (κ1) is 14.3. The first-order chi connectivity index (χ1) is 10.6. The molecule has 0 unspecified atom stereocenters. The fourth-order valence-corrected chi connectivity index (χ4v) is 2.25. The average molecular weight is 291 g/mol. The van der Waals surface area contributed by atoms with Gasteiger partial charge in [-0.1, -0.05) is 56.3 Å². The Kier molecular flexibility index (Phi) is 3.88. The number of carbonyl (C=O) groups excluding carboxylic acids is 1. The van der Waals surface area contributed by atoms with Gasteiger partial charge in [-0.2, -0.15) is 0 Å². The lowest BCUT2D eigenvalue weighted by Gasteiger charge is -2.04. The van der Waals surface area contributed by atoms with Crippen molar-refractivity contribution in [2.45, 2.75) is 19.8 Å². The highest BCUT2D eigenvalue weighted by atomic mass is 16.6. The topological polar surface area (TPSA) is 38.7 Å². The Morgan fingerprint density at radius 1 is 1.00 bits per heavy atom. The molecule has 3 nitrogen and oxygen atoms in total. The zero-order chi connectivity index (χ0) is 15.5. The number of hydrogen-bond acceptors (Lipinski definition) is 3. The summed E-state index contributed by atoms with van der Waals surface area (Å²) in [5.41, 5.74) is 3.34. The van der Waals surface area contributed by atoms with Crippen LogP contribution in [0.25, 0.3) is 6.08 Å². The zero-order valence-electron chi connectivity index (χ0n) is 12.6. The first-order valence-corrected chi connectivity index (χ1v) is 7.31. The second-order valence-electron chi connectivity index (χ2n) is 5.52. The largest absolute Gasteiger partial charge is 0.402 e. The van der Waals surface area contributed by atoms with Crippen LogP contribution in [0.15, 0.2) is 65.3 Å². The molecule has 0 saturated heterocycles. The SMILES string of the molecule is CC(C)c1ccc(/C=C2\N=C(c3ccccc3)OC2=O)cc1. The third kappa shape index (κ3) is 2.98. The van der Waals surface area contributed by atoms with Crippen molar-refractivity contribution in [3.63, 3.8) is 0 Å². The van der Waals surface area contributed by atoms with Crippen LogP contribution in [-0.2, 0) is 9.53 Å². The van der Waals surface area contributed by atoms with Crippen molar-refractivity contribution < 1.29 is 9.53 Å². The molecule has 0 amide bonds. The van der Waals surface area contributed by atoms with Gasteiger partial charge in [0, 0.05) is 5.56 Å². The number of hydrogen-bond donors (Lipinski definition) is 0. The Labute approximate surface area is 130 Å². The molecule has 0 aliphatic carbocycles. The third-order valence-electron chi connectivity index (χ3n) is 3.55. The van der Waals surface area contributed by atoms with Gasteiger partial charge in [-0.05, 0) is 35.3 Å². The molecule has 0 atom stereocenters. The van der Waals surface area contributed by atoms with Crippen molar-refractivity contribution in [1.29, 1.82) is 0 Å². The van der Waals surface area contributed by atoms with E-state index in [0.29, 0.717) is 17.5 Å². The Hall–Kier alpha value is -2.68. The fraction of sp³-hybridized carbons (Fsp3) is 0.158. The monoisotopic (exact) mass is 291 g/mol. The van der Waals surface area contributed by atoms with Gasteiger partial charge in [0.2, 0.25) is 5.90 Å². The molecule has 0 N–H and O–H groups in total. The second-order valence-corrected chi connectivity index (χ2v) is 5.52. The molecular weight excluding hydrogens is 274 g/mol. The molecule has 3 rings (SSSR count). The van der Waals surface area contributed by atoms with Crippen LogP contribution in [0.3, 0.4) is 0 Å². The van der Waals surface area contributed by atoms with Crippen LogP contribution < -0.4 is 0 Å². The number of nitrogens with zero attached hydrogens (tertiary/aromatic N) is 1. The van der Waals surface area contributed by atoms with E-state index in [1.165, 1.54) is 5.56 Å². The van der Waals surface area contributed by atoms with Crippen LogP contribution in [0.2, 0.25) is 0 Å². The lowest BCUT2D eigenvalue weighted by Crippen LogP contribution is -2.04. The number of benzene rings is 2. The van der Waals surface area contributed by atoms with E-state index in [0.717, 1.165) is 11.1 Å². The summed E-state index contributed by atoms with van der Waals surface area (Å²) in [5, 5.41) is 0. The quantitative estimate of drug-likeness (QED) is 0.629. The van der Waals surface area contributed by atoms with Gasteiger partial charge in [-0.25, -0.2) is 9.79 Å². The normalized spacial score (nSPS) is 16.0. The molecular formula is C19H17NO2. The molecule has 1 aliphatic heterocycles. The van der Waals surface area contributed by atoms with Crippen LogP contribution in [0, 0.1) is 0 Å². The lowest BCUT2D eigenvalue weighted by molar-refractivity contribution is -0.129. The van der Waals surface area contributed by atoms with Crippen molar-refractivity contribution in [3.8, 4) is 0 Å². The van der Waals surface area contributed by atoms with Crippen LogP contribution in [0.5, 0.6) is 0 Å². The van der Waals surface area contributed by atoms with Crippen molar-refractivity contribution in [2.24, 2.45) is 4.99 Å². The summed E-state index contributed by atoms with van der Waals surface area (Å²) in [6, 6.07) is 17.5. The van der Waals surface area contributed by atoms with Gasteiger partial charge < -0.3 is 4.74 Å². The molecule has 0 aromatic heterocycles. The van der Waals surface area contributed by atoms with Gasteiger partial charge in [-0.3, -0.25) is 0 Å². The van der Waals surface area contributed by atoms with Gasteiger partial charge >= 0.3 is 5.97 Å². The molecule has 1 aliphatic rings. The van der Waals surface area contributed by atoms with Crippen LogP contribution >= 0.6 is 0 Å². The summed E-state index contributed by atoms with van der Waals surface area (Å²) in [5.74, 6) is 0.434. The summed E-state index contributed by atoms with van der Waals surface area (Å²) < 4.78 is 5.24. The van der Waals surface area contributed by atoms with Crippen molar-refractivity contribution >= 4 is 17.9 Å².